The van der Waals surface area contributed by atoms with E-state index < -0.39 is 0 Å². The number of hydrogen-bond donors (Lipinski definition) is 1. The molecule has 1 N–H and O–H groups in total. The van der Waals surface area contributed by atoms with E-state index in [4.69, 9.17) is 0 Å². The van der Waals surface area contributed by atoms with Crippen molar-refractivity contribution in [1.29, 1.82) is 0 Å². The number of aryl methyl sites for hydroxylation is 1. The van der Waals surface area contributed by atoms with E-state index in [1.165, 1.54) is 24.4 Å². The number of carbonyl (C=O) groups excluding carboxylic acids is 1. The van der Waals surface area contributed by atoms with Crippen LogP contribution in [0.25, 0.3) is 0 Å². The molecule has 0 radical (unpaired) electrons. The van der Waals surface area contributed by atoms with Gasteiger partial charge in [0.05, 0.1) is 5.69 Å². The quantitative estimate of drug-likeness (QED) is 0.920. The maximum atomic E-state index is 12.8. The lowest BCUT2D eigenvalue weighted by Crippen LogP contribution is -2.46. The molecule has 1 aromatic heterocycles. The Bertz CT molecular complexity index is 469. The van der Waals surface area contributed by atoms with E-state index in [9.17, 15) is 4.79 Å². The zero-order valence-corrected chi connectivity index (χ0v) is 12.8. The van der Waals surface area contributed by atoms with E-state index in [-0.39, 0.29) is 5.91 Å². The Morgan fingerprint density at radius 3 is 3.10 bits per heavy atom. The molecule has 2 fully saturated rings. The van der Waals surface area contributed by atoms with Crippen molar-refractivity contribution < 1.29 is 4.79 Å². The highest BCUT2D eigenvalue weighted by molar-refractivity contribution is 7.08. The van der Waals surface area contributed by atoms with Crippen LogP contribution in [0.3, 0.4) is 0 Å². The Hall–Kier alpha value is -1.01. The van der Waals surface area contributed by atoms with Gasteiger partial charge in [0.2, 0.25) is 0 Å². The lowest BCUT2D eigenvalue weighted by atomic mass is 10.0. The Kier molecular flexibility index (Phi) is 4.31. The fourth-order valence-corrected chi connectivity index (χ4v) is 4.07. The summed E-state index contributed by atoms with van der Waals surface area (Å²) in [6, 6.07) is 0.846. The number of hydrogen-bond acceptors (Lipinski definition) is 5. The summed E-state index contributed by atoms with van der Waals surface area (Å²) in [5, 5.41) is 7.67. The summed E-state index contributed by atoms with van der Waals surface area (Å²) in [5.74, 6) is 0.152. The van der Waals surface area contributed by atoms with Gasteiger partial charge in [0.1, 0.15) is 4.88 Å². The number of aromatic nitrogens is 2. The van der Waals surface area contributed by atoms with Crippen LogP contribution in [0.15, 0.2) is 0 Å². The zero-order chi connectivity index (χ0) is 13.9. The van der Waals surface area contributed by atoms with Gasteiger partial charge in [-0.15, -0.1) is 5.10 Å². The van der Waals surface area contributed by atoms with Crippen molar-refractivity contribution in [2.45, 2.75) is 57.5 Å². The van der Waals surface area contributed by atoms with E-state index in [0.717, 1.165) is 49.3 Å². The van der Waals surface area contributed by atoms with Gasteiger partial charge < -0.3 is 10.2 Å². The van der Waals surface area contributed by atoms with Crippen molar-refractivity contribution in [3.63, 3.8) is 0 Å². The van der Waals surface area contributed by atoms with Crippen LogP contribution < -0.4 is 5.32 Å². The van der Waals surface area contributed by atoms with Gasteiger partial charge in [0.15, 0.2) is 0 Å². The molecular formula is C14H22N4OS. The molecule has 20 heavy (non-hydrogen) atoms. The predicted molar refractivity (Wildman–Crippen MR) is 79.0 cm³/mol. The van der Waals surface area contributed by atoms with Gasteiger partial charge in [-0.2, -0.15) is 0 Å². The molecule has 5 nitrogen and oxygen atoms in total. The number of carbonyl (C=O) groups is 1. The monoisotopic (exact) mass is 294 g/mol. The average Bonchev–Trinajstić information content (AvgIpc) is 3.19. The summed E-state index contributed by atoms with van der Waals surface area (Å²) in [6.07, 6.45) is 6.50. The highest BCUT2D eigenvalue weighted by Crippen LogP contribution is 2.28. The van der Waals surface area contributed by atoms with Crippen LogP contribution in [0.1, 0.15) is 54.4 Å². The summed E-state index contributed by atoms with van der Waals surface area (Å²) in [4.78, 5) is 15.6. The first-order valence-electron chi connectivity index (χ1n) is 7.67. The number of likely N-dealkylation sites (tertiary alicyclic amines) is 1. The highest BCUT2D eigenvalue weighted by atomic mass is 32.1. The Morgan fingerprint density at radius 1 is 1.45 bits per heavy atom. The number of nitrogens with zero attached hydrogens (tertiary/aromatic N) is 3. The van der Waals surface area contributed by atoms with E-state index in [2.05, 4.69) is 26.7 Å². The van der Waals surface area contributed by atoms with Crippen LogP contribution in [0.4, 0.5) is 0 Å². The second kappa shape index (κ2) is 6.18. The summed E-state index contributed by atoms with van der Waals surface area (Å²) >= 11 is 1.26. The summed E-state index contributed by atoms with van der Waals surface area (Å²) in [6.45, 7) is 4.08. The molecule has 0 saturated carbocycles. The smallest absolute Gasteiger partial charge is 0.267 e. The van der Waals surface area contributed by atoms with Gasteiger partial charge in [-0.25, -0.2) is 0 Å². The second-order valence-electron chi connectivity index (χ2n) is 5.71. The fraction of sp³-hybridized carbons (Fsp3) is 0.786. The van der Waals surface area contributed by atoms with Gasteiger partial charge >= 0.3 is 0 Å². The number of nitrogens with one attached hydrogen (secondary N) is 1. The van der Waals surface area contributed by atoms with Gasteiger partial charge in [0.25, 0.3) is 5.91 Å². The molecule has 2 atom stereocenters. The third-order valence-corrected chi connectivity index (χ3v) is 5.12. The molecule has 1 amide bonds. The molecule has 0 spiro atoms. The van der Waals surface area contributed by atoms with Crippen molar-refractivity contribution in [3.05, 3.63) is 10.6 Å². The minimum absolute atomic E-state index is 0.152. The Labute approximate surface area is 123 Å². The van der Waals surface area contributed by atoms with E-state index >= 15 is 0 Å². The Balaban J connectivity index is 1.76. The number of rotatable bonds is 4. The molecule has 2 unspecified atom stereocenters. The normalized spacial score (nSPS) is 26.4. The summed E-state index contributed by atoms with van der Waals surface area (Å²) in [5.41, 5.74) is 0.882. The van der Waals surface area contributed by atoms with Crippen LogP contribution in [-0.4, -0.2) is 45.6 Å². The molecule has 3 rings (SSSR count). The van der Waals surface area contributed by atoms with Crippen molar-refractivity contribution in [1.82, 2.24) is 19.8 Å². The minimum atomic E-state index is 0.152. The maximum absolute atomic E-state index is 12.8. The largest absolute Gasteiger partial charge is 0.333 e. The molecule has 1 aromatic rings. The SMILES string of the molecule is CCCc1nnsc1C(=O)N1CCCC1C1CCCN1. The predicted octanol–water partition coefficient (Wildman–Crippen LogP) is 1.85. The van der Waals surface area contributed by atoms with Gasteiger partial charge in [-0.1, -0.05) is 17.8 Å². The lowest BCUT2D eigenvalue weighted by molar-refractivity contribution is 0.0715. The molecule has 110 valence electrons. The molecule has 0 aliphatic carbocycles. The topological polar surface area (TPSA) is 58.1 Å². The van der Waals surface area contributed by atoms with Crippen LogP contribution in [0.5, 0.6) is 0 Å². The average molecular weight is 294 g/mol. The van der Waals surface area contributed by atoms with Crippen LogP contribution >= 0.6 is 11.5 Å². The van der Waals surface area contributed by atoms with Gasteiger partial charge in [-0.05, 0) is 50.2 Å². The summed E-state index contributed by atoms with van der Waals surface area (Å²) in [7, 11) is 0. The van der Waals surface area contributed by atoms with Gasteiger partial charge in [-0.3, -0.25) is 4.79 Å². The van der Waals surface area contributed by atoms with E-state index in [0.29, 0.717) is 12.1 Å². The van der Waals surface area contributed by atoms with Crippen LogP contribution in [0, 0.1) is 0 Å². The first-order chi connectivity index (χ1) is 9.81. The molecule has 2 aliphatic heterocycles. The third kappa shape index (κ3) is 2.59. The molecule has 3 heterocycles. The number of amides is 1. The third-order valence-electron chi connectivity index (χ3n) is 4.36. The molecule has 2 aliphatic rings. The summed E-state index contributed by atoms with van der Waals surface area (Å²) < 4.78 is 3.98. The highest BCUT2D eigenvalue weighted by Gasteiger charge is 2.37. The molecule has 0 aromatic carbocycles. The maximum Gasteiger partial charge on any atom is 0.267 e. The molecular weight excluding hydrogens is 272 g/mol. The molecule has 0 bridgehead atoms. The van der Waals surface area contributed by atoms with Crippen molar-refractivity contribution in [3.8, 4) is 0 Å². The van der Waals surface area contributed by atoms with E-state index in [1.54, 1.807) is 0 Å². The molecule has 2 saturated heterocycles. The Morgan fingerprint density at radius 2 is 2.35 bits per heavy atom. The van der Waals surface area contributed by atoms with Crippen LogP contribution in [-0.2, 0) is 6.42 Å². The fourth-order valence-electron chi connectivity index (χ4n) is 3.40. The standard InChI is InChI=1S/C14H22N4OS/c1-2-5-11-13(20-17-16-11)14(19)18-9-4-7-12(18)10-6-3-8-15-10/h10,12,15H,2-9H2,1H3. The van der Waals surface area contributed by atoms with Crippen molar-refractivity contribution in [2.75, 3.05) is 13.1 Å². The first-order valence-corrected chi connectivity index (χ1v) is 8.44. The van der Waals surface area contributed by atoms with E-state index in [1.807, 2.05) is 0 Å². The van der Waals surface area contributed by atoms with Crippen molar-refractivity contribution >= 4 is 17.4 Å². The lowest BCUT2D eigenvalue weighted by Gasteiger charge is -2.29. The minimum Gasteiger partial charge on any atom is -0.333 e. The first kappa shape index (κ1) is 13.9. The second-order valence-corrected chi connectivity index (χ2v) is 6.46. The van der Waals surface area contributed by atoms with Gasteiger partial charge in [0, 0.05) is 18.6 Å². The van der Waals surface area contributed by atoms with Crippen molar-refractivity contribution in [2.24, 2.45) is 0 Å². The van der Waals surface area contributed by atoms with Crippen LogP contribution in [0.2, 0.25) is 0 Å². The zero-order valence-electron chi connectivity index (χ0n) is 12.0. The molecule has 6 heteroatoms.